The molecule has 174 valence electrons. The fourth-order valence-electron chi connectivity index (χ4n) is 3.42. The zero-order valence-electron chi connectivity index (χ0n) is 18.3. The number of amides is 1. The predicted molar refractivity (Wildman–Crippen MR) is 120 cm³/mol. The Kier molecular flexibility index (Phi) is 9.63. The van der Waals surface area contributed by atoms with Crippen LogP contribution >= 0.6 is 11.8 Å². The van der Waals surface area contributed by atoms with Crippen molar-refractivity contribution in [3.05, 3.63) is 30.1 Å². The monoisotopic (exact) mass is 471 g/mol. The Bertz CT molecular complexity index is 976. The van der Waals surface area contributed by atoms with E-state index in [4.69, 9.17) is 15.3 Å². The smallest absolute Gasteiger partial charge is 0.233 e. The highest BCUT2D eigenvalue weighted by atomic mass is 32.2. The van der Waals surface area contributed by atoms with Crippen molar-refractivity contribution in [3.63, 3.8) is 0 Å². The van der Waals surface area contributed by atoms with Crippen LogP contribution in [0.4, 0.5) is 4.39 Å². The molecule has 1 saturated heterocycles. The van der Waals surface area contributed by atoms with E-state index >= 15 is 0 Å². The Morgan fingerprint density at radius 3 is 2.39 bits per heavy atom. The number of thioether (sulfide) groups is 1. The van der Waals surface area contributed by atoms with Crippen LogP contribution in [0.3, 0.4) is 0 Å². The summed E-state index contributed by atoms with van der Waals surface area (Å²) in [7, 11) is 0. The number of nitrogens with zero attached hydrogens (tertiary/aromatic N) is 7. The van der Waals surface area contributed by atoms with Crippen LogP contribution in [0.5, 0.6) is 0 Å². The molecule has 0 N–H and O–H groups in total. The number of aromatic nitrogens is 3. The summed E-state index contributed by atoms with van der Waals surface area (Å²) in [6.45, 7) is 5.07. The standard InChI is InChI=1S/C22H26FN7O2S/c23-19-5-3-18(4-6-19)21-26-27-22(30(21)12-11-28-13-15-32-16-14-28)33-17-20(31)29(9-1-7-24)10-2-8-25/h3-6H,1-2,9-17H2. The summed E-state index contributed by atoms with van der Waals surface area (Å²) in [5.41, 5.74) is 0.744. The summed E-state index contributed by atoms with van der Waals surface area (Å²) in [4.78, 5) is 16.6. The van der Waals surface area contributed by atoms with Gasteiger partial charge in [0.2, 0.25) is 5.91 Å². The summed E-state index contributed by atoms with van der Waals surface area (Å²) in [5, 5.41) is 26.9. The second-order valence-electron chi connectivity index (χ2n) is 7.40. The van der Waals surface area contributed by atoms with Crippen molar-refractivity contribution in [2.45, 2.75) is 24.5 Å². The minimum absolute atomic E-state index is 0.121. The molecule has 0 unspecified atom stereocenters. The van der Waals surface area contributed by atoms with Crippen molar-refractivity contribution in [1.82, 2.24) is 24.6 Å². The lowest BCUT2D eigenvalue weighted by Gasteiger charge is -2.27. The van der Waals surface area contributed by atoms with Crippen molar-refractivity contribution in [3.8, 4) is 23.5 Å². The van der Waals surface area contributed by atoms with Crippen LogP contribution in [-0.4, -0.2) is 82.2 Å². The minimum Gasteiger partial charge on any atom is -0.379 e. The lowest BCUT2D eigenvalue weighted by Crippen LogP contribution is -2.38. The number of nitriles is 2. The molecule has 1 fully saturated rings. The Hall–Kier alpha value is -2.99. The Morgan fingerprint density at radius 2 is 1.76 bits per heavy atom. The van der Waals surface area contributed by atoms with Gasteiger partial charge in [-0.1, -0.05) is 11.8 Å². The number of hydrogen-bond acceptors (Lipinski definition) is 8. The molecular weight excluding hydrogens is 445 g/mol. The summed E-state index contributed by atoms with van der Waals surface area (Å²) >= 11 is 1.27. The molecule has 0 bridgehead atoms. The Morgan fingerprint density at radius 1 is 1.09 bits per heavy atom. The number of carbonyl (C=O) groups excluding carboxylic acids is 1. The third-order valence-corrected chi connectivity index (χ3v) is 6.18. The molecule has 0 radical (unpaired) electrons. The van der Waals surface area contributed by atoms with Gasteiger partial charge in [0.05, 0.1) is 43.9 Å². The maximum absolute atomic E-state index is 13.4. The number of ether oxygens (including phenoxy) is 1. The second kappa shape index (κ2) is 12.9. The first-order valence-electron chi connectivity index (χ1n) is 10.8. The van der Waals surface area contributed by atoms with Crippen LogP contribution in [0.15, 0.2) is 29.4 Å². The molecule has 0 atom stereocenters. The van der Waals surface area contributed by atoms with E-state index in [0.717, 1.165) is 25.2 Å². The maximum Gasteiger partial charge on any atom is 0.233 e. The average molecular weight is 472 g/mol. The van der Waals surface area contributed by atoms with Gasteiger partial charge in [-0.25, -0.2) is 4.39 Å². The van der Waals surface area contributed by atoms with Gasteiger partial charge in [0.15, 0.2) is 11.0 Å². The van der Waals surface area contributed by atoms with Gasteiger partial charge in [0.25, 0.3) is 0 Å². The number of halogens is 1. The quantitative estimate of drug-likeness (QED) is 0.459. The SMILES string of the molecule is N#CCCN(CCC#N)C(=O)CSc1nnc(-c2ccc(F)cc2)n1CCN1CCOCC1. The topological polar surface area (TPSA) is 111 Å². The Labute approximate surface area is 196 Å². The average Bonchev–Trinajstić information content (AvgIpc) is 3.25. The van der Waals surface area contributed by atoms with Crippen LogP contribution in [0.1, 0.15) is 12.8 Å². The highest BCUT2D eigenvalue weighted by Gasteiger charge is 2.20. The molecule has 1 aromatic heterocycles. The van der Waals surface area contributed by atoms with Crippen LogP contribution < -0.4 is 0 Å². The van der Waals surface area contributed by atoms with Gasteiger partial charge >= 0.3 is 0 Å². The van der Waals surface area contributed by atoms with Gasteiger partial charge in [0, 0.05) is 44.8 Å². The van der Waals surface area contributed by atoms with Crippen LogP contribution in [0.25, 0.3) is 11.4 Å². The second-order valence-corrected chi connectivity index (χ2v) is 8.35. The predicted octanol–water partition coefficient (Wildman–Crippen LogP) is 2.16. The largest absolute Gasteiger partial charge is 0.379 e. The maximum atomic E-state index is 13.4. The van der Waals surface area contributed by atoms with Gasteiger partial charge in [-0.15, -0.1) is 10.2 Å². The van der Waals surface area contributed by atoms with Crippen molar-refractivity contribution in [1.29, 1.82) is 10.5 Å². The molecule has 11 heteroatoms. The molecule has 33 heavy (non-hydrogen) atoms. The fraction of sp³-hybridized carbons (Fsp3) is 0.500. The summed E-state index contributed by atoms with van der Waals surface area (Å²) in [5.74, 6) is 0.254. The molecule has 2 heterocycles. The van der Waals surface area contributed by atoms with E-state index in [1.807, 2.05) is 16.7 Å². The van der Waals surface area contributed by atoms with Crippen molar-refractivity contribution in [2.24, 2.45) is 0 Å². The lowest BCUT2D eigenvalue weighted by molar-refractivity contribution is -0.128. The molecule has 2 aromatic rings. The summed E-state index contributed by atoms with van der Waals surface area (Å²) in [6, 6.07) is 10.2. The van der Waals surface area contributed by atoms with Crippen molar-refractivity contribution >= 4 is 17.7 Å². The molecule has 0 saturated carbocycles. The van der Waals surface area contributed by atoms with Gasteiger partial charge < -0.3 is 14.2 Å². The fourth-order valence-corrected chi connectivity index (χ4v) is 4.29. The zero-order valence-corrected chi connectivity index (χ0v) is 19.1. The highest BCUT2D eigenvalue weighted by Crippen LogP contribution is 2.25. The van der Waals surface area contributed by atoms with Crippen LogP contribution in [0, 0.1) is 28.5 Å². The third-order valence-electron chi connectivity index (χ3n) is 5.23. The van der Waals surface area contributed by atoms with Gasteiger partial charge in [-0.05, 0) is 24.3 Å². The summed E-state index contributed by atoms with van der Waals surface area (Å²) in [6.07, 6.45) is 0.429. The van der Waals surface area contributed by atoms with Crippen molar-refractivity contribution < 1.29 is 13.9 Å². The molecule has 1 aliphatic heterocycles. The van der Waals surface area contributed by atoms with Gasteiger partial charge in [0.1, 0.15) is 5.82 Å². The first-order chi connectivity index (χ1) is 16.1. The Balaban J connectivity index is 1.74. The van der Waals surface area contributed by atoms with E-state index in [2.05, 4.69) is 15.1 Å². The molecular formula is C22H26FN7O2S. The first kappa shape index (κ1) is 24.6. The molecule has 0 spiro atoms. The van der Waals surface area contributed by atoms with E-state index in [-0.39, 0.29) is 30.3 Å². The minimum atomic E-state index is -0.326. The molecule has 0 aliphatic carbocycles. The van der Waals surface area contributed by atoms with E-state index in [1.54, 1.807) is 12.1 Å². The van der Waals surface area contributed by atoms with E-state index in [0.29, 0.717) is 43.8 Å². The zero-order chi connectivity index (χ0) is 23.5. The van der Waals surface area contributed by atoms with Gasteiger partial charge in [-0.3, -0.25) is 9.69 Å². The number of hydrogen-bond donors (Lipinski definition) is 0. The van der Waals surface area contributed by atoms with Crippen LogP contribution in [-0.2, 0) is 16.1 Å². The van der Waals surface area contributed by atoms with E-state index in [9.17, 15) is 9.18 Å². The number of carbonyl (C=O) groups is 1. The van der Waals surface area contributed by atoms with Gasteiger partial charge in [-0.2, -0.15) is 10.5 Å². The van der Waals surface area contributed by atoms with Crippen LogP contribution in [0.2, 0.25) is 0 Å². The van der Waals surface area contributed by atoms with Crippen molar-refractivity contribution in [2.75, 3.05) is 51.7 Å². The molecule has 9 nitrogen and oxygen atoms in total. The number of benzene rings is 1. The summed E-state index contributed by atoms with van der Waals surface area (Å²) < 4.78 is 20.8. The molecule has 1 amide bonds. The molecule has 1 aromatic carbocycles. The molecule has 1 aliphatic rings. The highest BCUT2D eigenvalue weighted by molar-refractivity contribution is 7.99. The third kappa shape index (κ3) is 7.26. The first-order valence-corrected chi connectivity index (χ1v) is 11.7. The number of rotatable bonds is 11. The number of morpholine rings is 1. The van der Waals surface area contributed by atoms with E-state index in [1.165, 1.54) is 28.8 Å². The van der Waals surface area contributed by atoms with E-state index < -0.39 is 0 Å². The normalized spacial score (nSPS) is 13.9. The lowest BCUT2D eigenvalue weighted by atomic mass is 10.2. The molecule has 3 rings (SSSR count).